The van der Waals surface area contributed by atoms with Gasteiger partial charge in [-0.3, -0.25) is 5.32 Å². The van der Waals surface area contributed by atoms with E-state index in [0.717, 1.165) is 31.7 Å². The number of likely N-dealkylation sites (N-methyl/N-ethyl adjacent to an activating group) is 1. The number of nitrogens with zero attached hydrogens (tertiary/aromatic N) is 2. The second kappa shape index (κ2) is 8.10. The van der Waals surface area contributed by atoms with Crippen LogP contribution in [0.2, 0.25) is 5.02 Å². The third kappa shape index (κ3) is 4.66. The molecule has 0 saturated carbocycles. The molecule has 1 aromatic rings. The van der Waals surface area contributed by atoms with Crippen LogP contribution in [0.5, 0.6) is 0 Å². The van der Waals surface area contributed by atoms with Crippen molar-refractivity contribution in [1.29, 1.82) is 5.26 Å². The Morgan fingerprint density at radius 3 is 2.39 bits per heavy atom. The second-order valence-electron chi connectivity index (χ2n) is 4.09. The molecule has 0 aliphatic rings. The lowest BCUT2D eigenvalue weighted by molar-refractivity contribution is 0.300. The van der Waals surface area contributed by atoms with Gasteiger partial charge in [0.1, 0.15) is 6.04 Å². The molecule has 0 aliphatic carbocycles. The summed E-state index contributed by atoms with van der Waals surface area (Å²) in [6.07, 6.45) is 0. The predicted molar refractivity (Wildman–Crippen MR) is 75.6 cm³/mol. The highest BCUT2D eigenvalue weighted by Gasteiger charge is 2.09. The first-order valence-corrected chi connectivity index (χ1v) is 6.69. The van der Waals surface area contributed by atoms with Gasteiger partial charge in [-0.05, 0) is 30.8 Å². The summed E-state index contributed by atoms with van der Waals surface area (Å²) in [4.78, 5) is 2.32. The molecule has 1 aromatic carbocycles. The molecule has 98 valence electrons. The summed E-state index contributed by atoms with van der Waals surface area (Å²) < 4.78 is 0. The fourth-order valence-corrected chi connectivity index (χ4v) is 1.93. The van der Waals surface area contributed by atoms with E-state index in [1.54, 1.807) is 0 Å². The number of halogens is 1. The first kappa shape index (κ1) is 15.0. The number of nitrogens with one attached hydrogen (secondary N) is 1. The van der Waals surface area contributed by atoms with E-state index < -0.39 is 0 Å². The van der Waals surface area contributed by atoms with Crippen LogP contribution in [0.1, 0.15) is 25.5 Å². The SMILES string of the molecule is CCN(CC)CCNC(C#N)c1ccc(Cl)cc1. The molecule has 0 bridgehead atoms. The molecule has 18 heavy (non-hydrogen) atoms. The summed E-state index contributed by atoms with van der Waals surface area (Å²) in [7, 11) is 0. The van der Waals surface area contributed by atoms with E-state index in [2.05, 4.69) is 30.1 Å². The summed E-state index contributed by atoms with van der Waals surface area (Å²) in [5, 5.41) is 13.1. The van der Waals surface area contributed by atoms with Crippen LogP contribution >= 0.6 is 11.6 Å². The van der Waals surface area contributed by atoms with Crippen molar-refractivity contribution in [3.8, 4) is 6.07 Å². The quantitative estimate of drug-likeness (QED) is 0.824. The van der Waals surface area contributed by atoms with E-state index in [1.807, 2.05) is 24.3 Å². The number of nitriles is 1. The Hall–Kier alpha value is -1.08. The summed E-state index contributed by atoms with van der Waals surface area (Å²) in [6.45, 7) is 8.13. The monoisotopic (exact) mass is 265 g/mol. The van der Waals surface area contributed by atoms with Crippen LogP contribution in [0, 0.1) is 11.3 Å². The van der Waals surface area contributed by atoms with Crippen molar-refractivity contribution >= 4 is 11.6 Å². The molecular weight excluding hydrogens is 246 g/mol. The average Bonchev–Trinajstić information content (AvgIpc) is 2.41. The van der Waals surface area contributed by atoms with Gasteiger partial charge in [-0.1, -0.05) is 37.6 Å². The van der Waals surface area contributed by atoms with Crippen LogP contribution in [-0.4, -0.2) is 31.1 Å². The molecule has 0 spiro atoms. The van der Waals surface area contributed by atoms with Gasteiger partial charge >= 0.3 is 0 Å². The van der Waals surface area contributed by atoms with E-state index >= 15 is 0 Å². The third-order valence-electron chi connectivity index (χ3n) is 3.00. The second-order valence-corrected chi connectivity index (χ2v) is 4.53. The zero-order chi connectivity index (χ0) is 13.4. The molecule has 1 rings (SSSR count). The van der Waals surface area contributed by atoms with Crippen LogP contribution in [0.4, 0.5) is 0 Å². The molecule has 4 heteroatoms. The summed E-state index contributed by atoms with van der Waals surface area (Å²) in [6, 6.07) is 9.41. The van der Waals surface area contributed by atoms with Crippen molar-refractivity contribution in [3.63, 3.8) is 0 Å². The molecule has 0 saturated heterocycles. The minimum Gasteiger partial charge on any atom is -0.303 e. The van der Waals surface area contributed by atoms with Crippen molar-refractivity contribution in [2.24, 2.45) is 0 Å². The van der Waals surface area contributed by atoms with Crippen molar-refractivity contribution in [2.75, 3.05) is 26.2 Å². The zero-order valence-corrected chi connectivity index (χ0v) is 11.7. The molecule has 1 unspecified atom stereocenters. The Kier molecular flexibility index (Phi) is 6.74. The van der Waals surface area contributed by atoms with Crippen LogP contribution in [0.15, 0.2) is 24.3 Å². The van der Waals surface area contributed by atoms with Crippen LogP contribution in [-0.2, 0) is 0 Å². The van der Waals surface area contributed by atoms with Gasteiger partial charge in [0.2, 0.25) is 0 Å². The van der Waals surface area contributed by atoms with Crippen LogP contribution in [0.25, 0.3) is 0 Å². The van der Waals surface area contributed by atoms with Crippen molar-refractivity contribution in [2.45, 2.75) is 19.9 Å². The van der Waals surface area contributed by atoms with Gasteiger partial charge in [0.25, 0.3) is 0 Å². The molecule has 0 fully saturated rings. The summed E-state index contributed by atoms with van der Waals surface area (Å²) in [5.41, 5.74) is 0.960. The van der Waals surface area contributed by atoms with Gasteiger partial charge in [0.05, 0.1) is 6.07 Å². The summed E-state index contributed by atoms with van der Waals surface area (Å²) in [5.74, 6) is 0. The van der Waals surface area contributed by atoms with E-state index in [0.29, 0.717) is 5.02 Å². The molecular formula is C14H20ClN3. The Morgan fingerprint density at radius 2 is 1.89 bits per heavy atom. The van der Waals surface area contributed by atoms with Gasteiger partial charge in [0, 0.05) is 18.1 Å². The van der Waals surface area contributed by atoms with Crippen LogP contribution < -0.4 is 5.32 Å². The number of hydrogen-bond acceptors (Lipinski definition) is 3. The van der Waals surface area contributed by atoms with Gasteiger partial charge in [-0.25, -0.2) is 0 Å². The maximum Gasteiger partial charge on any atom is 0.121 e. The Bertz CT molecular complexity index is 379. The molecule has 0 heterocycles. The Morgan fingerprint density at radius 1 is 1.28 bits per heavy atom. The Balaban J connectivity index is 2.48. The van der Waals surface area contributed by atoms with Crippen LogP contribution in [0.3, 0.4) is 0 Å². The molecule has 1 atom stereocenters. The molecule has 0 radical (unpaired) electrons. The Labute approximate surface area is 114 Å². The van der Waals surface area contributed by atoms with E-state index in [-0.39, 0.29) is 6.04 Å². The lowest BCUT2D eigenvalue weighted by atomic mass is 10.1. The normalized spacial score (nSPS) is 12.4. The van der Waals surface area contributed by atoms with Crippen molar-refractivity contribution < 1.29 is 0 Å². The van der Waals surface area contributed by atoms with Crippen molar-refractivity contribution in [1.82, 2.24) is 10.2 Å². The molecule has 0 amide bonds. The maximum atomic E-state index is 9.17. The van der Waals surface area contributed by atoms with Gasteiger partial charge in [-0.2, -0.15) is 5.26 Å². The fourth-order valence-electron chi connectivity index (χ4n) is 1.80. The van der Waals surface area contributed by atoms with Crippen molar-refractivity contribution in [3.05, 3.63) is 34.9 Å². The van der Waals surface area contributed by atoms with Gasteiger partial charge in [-0.15, -0.1) is 0 Å². The number of benzene rings is 1. The first-order chi connectivity index (χ1) is 8.71. The number of hydrogen-bond donors (Lipinski definition) is 1. The topological polar surface area (TPSA) is 39.1 Å². The smallest absolute Gasteiger partial charge is 0.121 e. The maximum absolute atomic E-state index is 9.17. The van der Waals surface area contributed by atoms with E-state index in [9.17, 15) is 0 Å². The van der Waals surface area contributed by atoms with Gasteiger partial charge in [0.15, 0.2) is 0 Å². The minimum atomic E-state index is -0.266. The highest BCUT2D eigenvalue weighted by molar-refractivity contribution is 6.30. The van der Waals surface area contributed by atoms with Gasteiger partial charge < -0.3 is 4.90 Å². The number of rotatable bonds is 7. The summed E-state index contributed by atoms with van der Waals surface area (Å²) >= 11 is 5.83. The highest BCUT2D eigenvalue weighted by Crippen LogP contribution is 2.15. The lowest BCUT2D eigenvalue weighted by Gasteiger charge is -2.19. The van der Waals surface area contributed by atoms with E-state index in [4.69, 9.17) is 16.9 Å². The first-order valence-electron chi connectivity index (χ1n) is 6.32. The zero-order valence-electron chi connectivity index (χ0n) is 11.0. The third-order valence-corrected chi connectivity index (χ3v) is 3.26. The molecule has 1 N–H and O–H groups in total. The minimum absolute atomic E-state index is 0.266. The molecule has 0 aliphatic heterocycles. The fraction of sp³-hybridized carbons (Fsp3) is 0.500. The highest BCUT2D eigenvalue weighted by atomic mass is 35.5. The predicted octanol–water partition coefficient (Wildman–Crippen LogP) is 2.84. The van der Waals surface area contributed by atoms with E-state index in [1.165, 1.54) is 0 Å². The molecule has 0 aromatic heterocycles. The largest absolute Gasteiger partial charge is 0.303 e. The molecule has 3 nitrogen and oxygen atoms in total. The average molecular weight is 266 g/mol. The standard InChI is InChI=1S/C14H20ClN3/c1-3-18(4-2)10-9-17-14(11-16)12-5-7-13(15)8-6-12/h5-8,14,17H,3-4,9-10H2,1-2H3. The lowest BCUT2D eigenvalue weighted by Crippen LogP contribution is -2.33.